The summed E-state index contributed by atoms with van der Waals surface area (Å²) in [7, 11) is -3.87. The van der Waals surface area contributed by atoms with E-state index in [9.17, 15) is 8.42 Å². The molecule has 0 radical (unpaired) electrons. The number of rotatable bonds is 3. The van der Waals surface area contributed by atoms with E-state index in [2.05, 4.69) is 25.0 Å². The summed E-state index contributed by atoms with van der Waals surface area (Å²) < 4.78 is 25.2. The van der Waals surface area contributed by atoms with Crippen molar-refractivity contribution in [3.63, 3.8) is 0 Å². The van der Waals surface area contributed by atoms with Crippen LogP contribution in [0.15, 0.2) is 42.2 Å². The molecule has 0 bridgehead atoms. The standard InChI is InChI=1S/C8H7N7O2S/c16-18(17,13-15-5-1-3-10-15)8-11-7-2-4-9-6-14(7)12-8/h1-6,13H. The number of sulfonamides is 1. The fourth-order valence-electron chi connectivity index (χ4n) is 1.33. The van der Waals surface area contributed by atoms with Crippen molar-refractivity contribution in [2.24, 2.45) is 0 Å². The summed E-state index contributed by atoms with van der Waals surface area (Å²) in [6.45, 7) is 0. The third-order valence-corrected chi connectivity index (χ3v) is 3.16. The molecule has 3 aromatic heterocycles. The minimum atomic E-state index is -3.87. The average molecular weight is 265 g/mol. The van der Waals surface area contributed by atoms with Crippen LogP contribution in [0, 0.1) is 0 Å². The first-order valence-corrected chi connectivity index (χ1v) is 6.32. The number of hydrogen-bond donors (Lipinski definition) is 1. The Balaban J connectivity index is 2.02. The molecule has 3 aromatic rings. The summed E-state index contributed by atoms with van der Waals surface area (Å²) in [6.07, 6.45) is 5.77. The molecule has 0 aliphatic rings. The summed E-state index contributed by atoms with van der Waals surface area (Å²) in [5, 5.41) is 7.21. The molecule has 0 atom stereocenters. The lowest BCUT2D eigenvalue weighted by Gasteiger charge is -2.02. The second kappa shape index (κ2) is 3.77. The molecular weight excluding hydrogens is 258 g/mol. The van der Waals surface area contributed by atoms with E-state index in [4.69, 9.17) is 0 Å². The predicted octanol–water partition coefficient (Wildman–Crippen LogP) is -0.747. The Morgan fingerprint density at radius 2 is 2.17 bits per heavy atom. The molecule has 3 heterocycles. The second-order valence-electron chi connectivity index (χ2n) is 3.32. The number of hydrogen-bond acceptors (Lipinski definition) is 6. The van der Waals surface area contributed by atoms with Crippen molar-refractivity contribution in [3.8, 4) is 0 Å². The largest absolute Gasteiger partial charge is 0.314 e. The molecule has 3 rings (SSSR count). The van der Waals surface area contributed by atoms with E-state index in [1.807, 2.05) is 0 Å². The van der Waals surface area contributed by atoms with Crippen LogP contribution in [-0.4, -0.2) is 37.9 Å². The number of fused-ring (bicyclic) bond motifs is 1. The monoisotopic (exact) mass is 265 g/mol. The van der Waals surface area contributed by atoms with Crippen LogP contribution in [0.4, 0.5) is 0 Å². The molecule has 0 aliphatic carbocycles. The molecule has 0 saturated heterocycles. The summed E-state index contributed by atoms with van der Waals surface area (Å²) in [4.78, 5) is 10.9. The lowest BCUT2D eigenvalue weighted by Crippen LogP contribution is -2.24. The topological polar surface area (TPSA) is 107 Å². The SMILES string of the molecule is O=S(=O)(Nn1cccn1)c1nc2ccncn2n1. The van der Waals surface area contributed by atoms with Gasteiger partial charge in [0.05, 0.1) is 6.20 Å². The Labute approximate surface area is 101 Å². The highest BCUT2D eigenvalue weighted by molar-refractivity contribution is 7.92. The Hall–Kier alpha value is -2.49. The fourth-order valence-corrected chi connectivity index (χ4v) is 2.17. The Kier molecular flexibility index (Phi) is 2.23. The fraction of sp³-hybridized carbons (Fsp3) is 0. The van der Waals surface area contributed by atoms with Gasteiger partial charge in [0.2, 0.25) is 0 Å². The van der Waals surface area contributed by atoms with Crippen molar-refractivity contribution < 1.29 is 8.42 Å². The van der Waals surface area contributed by atoms with Crippen LogP contribution in [0.1, 0.15) is 0 Å². The van der Waals surface area contributed by atoms with Gasteiger partial charge in [0.25, 0.3) is 5.16 Å². The molecule has 0 spiro atoms. The van der Waals surface area contributed by atoms with Crippen molar-refractivity contribution in [2.75, 3.05) is 4.83 Å². The van der Waals surface area contributed by atoms with E-state index < -0.39 is 10.0 Å². The number of aromatic nitrogens is 6. The van der Waals surface area contributed by atoms with Gasteiger partial charge in [0, 0.05) is 18.5 Å². The maximum absolute atomic E-state index is 11.9. The molecule has 10 heteroatoms. The zero-order chi connectivity index (χ0) is 12.6. The molecule has 0 unspecified atom stereocenters. The van der Waals surface area contributed by atoms with Gasteiger partial charge >= 0.3 is 10.0 Å². The zero-order valence-corrected chi connectivity index (χ0v) is 9.69. The quantitative estimate of drug-likeness (QED) is 0.668. The molecule has 0 amide bonds. The summed E-state index contributed by atoms with van der Waals surface area (Å²) in [6, 6.07) is 3.14. The van der Waals surface area contributed by atoms with Gasteiger partial charge in [-0.25, -0.2) is 9.50 Å². The van der Waals surface area contributed by atoms with Gasteiger partial charge in [-0.2, -0.15) is 28.1 Å². The van der Waals surface area contributed by atoms with Gasteiger partial charge in [0.15, 0.2) is 5.65 Å². The van der Waals surface area contributed by atoms with Crippen LogP contribution in [0.5, 0.6) is 0 Å². The first-order chi connectivity index (χ1) is 8.65. The van der Waals surface area contributed by atoms with Gasteiger partial charge < -0.3 is 0 Å². The third-order valence-electron chi connectivity index (χ3n) is 2.08. The van der Waals surface area contributed by atoms with Gasteiger partial charge in [-0.3, -0.25) is 0 Å². The first kappa shape index (κ1) is 10.7. The minimum absolute atomic E-state index is 0.342. The zero-order valence-electron chi connectivity index (χ0n) is 8.87. The Morgan fingerprint density at radius 1 is 1.28 bits per heavy atom. The summed E-state index contributed by atoms with van der Waals surface area (Å²) in [5.74, 6) is 0. The molecule has 0 saturated carbocycles. The van der Waals surface area contributed by atoms with Crippen LogP contribution in [0.25, 0.3) is 5.65 Å². The van der Waals surface area contributed by atoms with Gasteiger partial charge in [0.1, 0.15) is 6.33 Å². The van der Waals surface area contributed by atoms with E-state index in [0.717, 1.165) is 4.79 Å². The summed E-state index contributed by atoms with van der Waals surface area (Å²) in [5.41, 5.74) is 0.394. The maximum Gasteiger partial charge on any atom is 0.314 e. The van der Waals surface area contributed by atoms with E-state index in [1.54, 1.807) is 12.1 Å². The predicted molar refractivity (Wildman–Crippen MR) is 59.6 cm³/mol. The summed E-state index contributed by atoms with van der Waals surface area (Å²) >= 11 is 0. The van der Waals surface area contributed by atoms with Crippen molar-refractivity contribution in [1.29, 1.82) is 0 Å². The molecule has 1 N–H and O–H groups in total. The van der Waals surface area contributed by atoms with Gasteiger partial charge in [-0.15, -0.1) is 5.10 Å². The smallest absolute Gasteiger partial charge is 0.245 e. The minimum Gasteiger partial charge on any atom is -0.245 e. The number of nitrogens with one attached hydrogen (secondary N) is 1. The van der Waals surface area contributed by atoms with Crippen LogP contribution < -0.4 is 4.83 Å². The van der Waals surface area contributed by atoms with E-state index in [0.29, 0.717) is 5.65 Å². The van der Waals surface area contributed by atoms with Crippen molar-refractivity contribution in [2.45, 2.75) is 5.16 Å². The van der Waals surface area contributed by atoms with E-state index in [-0.39, 0.29) is 5.16 Å². The molecule has 18 heavy (non-hydrogen) atoms. The van der Waals surface area contributed by atoms with Crippen molar-refractivity contribution >= 4 is 15.7 Å². The Morgan fingerprint density at radius 3 is 2.89 bits per heavy atom. The number of nitrogens with zero attached hydrogens (tertiary/aromatic N) is 6. The maximum atomic E-state index is 11.9. The highest BCUT2D eigenvalue weighted by atomic mass is 32.2. The first-order valence-electron chi connectivity index (χ1n) is 4.84. The normalized spacial score (nSPS) is 11.8. The third kappa shape index (κ3) is 1.78. The van der Waals surface area contributed by atoms with E-state index >= 15 is 0 Å². The van der Waals surface area contributed by atoms with Gasteiger partial charge in [-0.05, 0) is 6.07 Å². The molecule has 0 aliphatic heterocycles. The lowest BCUT2D eigenvalue weighted by molar-refractivity contribution is 0.582. The van der Waals surface area contributed by atoms with Crippen LogP contribution in [0.2, 0.25) is 0 Å². The van der Waals surface area contributed by atoms with Crippen molar-refractivity contribution in [1.82, 2.24) is 29.5 Å². The highest BCUT2D eigenvalue weighted by Gasteiger charge is 2.20. The van der Waals surface area contributed by atoms with Crippen LogP contribution in [-0.2, 0) is 10.0 Å². The van der Waals surface area contributed by atoms with Crippen LogP contribution >= 0.6 is 0 Å². The van der Waals surface area contributed by atoms with E-state index in [1.165, 1.54) is 29.4 Å². The highest BCUT2D eigenvalue weighted by Crippen LogP contribution is 2.05. The molecular formula is C8H7N7O2S. The lowest BCUT2D eigenvalue weighted by atomic mass is 10.6. The molecule has 9 nitrogen and oxygen atoms in total. The molecule has 0 fully saturated rings. The van der Waals surface area contributed by atoms with Crippen molar-refractivity contribution in [3.05, 3.63) is 37.1 Å². The second-order valence-corrected chi connectivity index (χ2v) is 4.88. The molecule has 0 aromatic carbocycles. The van der Waals surface area contributed by atoms with Crippen LogP contribution in [0.3, 0.4) is 0 Å². The average Bonchev–Trinajstić information content (AvgIpc) is 2.96. The van der Waals surface area contributed by atoms with Gasteiger partial charge in [-0.1, -0.05) is 0 Å². The Bertz CT molecular complexity index is 744. The molecule has 92 valence electrons.